The molecule has 2 aromatic rings. The van der Waals surface area contributed by atoms with Crippen LogP contribution in [-0.2, 0) is 4.79 Å². The number of hydrogen-bond acceptors (Lipinski definition) is 3. The zero-order chi connectivity index (χ0) is 15.2. The van der Waals surface area contributed by atoms with Crippen LogP contribution in [0.25, 0.3) is 0 Å². The van der Waals surface area contributed by atoms with Gasteiger partial charge in [0.05, 0.1) is 6.10 Å². The van der Waals surface area contributed by atoms with Gasteiger partial charge in [-0.3, -0.25) is 4.79 Å². The van der Waals surface area contributed by atoms with Gasteiger partial charge >= 0.3 is 0 Å². The zero-order valence-electron chi connectivity index (χ0n) is 11.5. The Morgan fingerprint density at radius 1 is 1.19 bits per heavy atom. The first kappa shape index (κ1) is 15.5. The highest BCUT2D eigenvalue weighted by molar-refractivity contribution is 9.10. The average Bonchev–Trinajstić information content (AvgIpc) is 2.48. The minimum atomic E-state index is -0.514. The number of ether oxygens (including phenoxy) is 1. The molecule has 0 unspecified atom stereocenters. The summed E-state index contributed by atoms with van der Waals surface area (Å²) in [6.07, 6.45) is -0.514. The van der Waals surface area contributed by atoms with Crippen molar-refractivity contribution in [2.45, 2.75) is 13.0 Å². The first-order chi connectivity index (χ1) is 10.0. The maximum atomic E-state index is 11.8. The van der Waals surface area contributed by atoms with E-state index >= 15 is 0 Å². The van der Waals surface area contributed by atoms with E-state index in [1.165, 1.54) is 0 Å². The molecule has 0 aromatic heterocycles. The van der Waals surface area contributed by atoms with E-state index in [-0.39, 0.29) is 12.5 Å². The molecule has 0 aliphatic carbocycles. The van der Waals surface area contributed by atoms with E-state index in [1.54, 1.807) is 43.3 Å². The molecule has 2 aromatic carbocycles. The Labute approximate surface area is 131 Å². The van der Waals surface area contributed by atoms with Crippen molar-refractivity contribution in [2.24, 2.45) is 0 Å². The number of amides is 1. The van der Waals surface area contributed by atoms with Gasteiger partial charge in [-0.1, -0.05) is 28.1 Å². The summed E-state index contributed by atoms with van der Waals surface area (Å²) in [5.74, 6) is 0.363. The van der Waals surface area contributed by atoms with Crippen LogP contribution in [0.5, 0.6) is 5.75 Å². The smallest absolute Gasteiger partial charge is 0.262 e. The molecule has 0 saturated heterocycles. The van der Waals surface area contributed by atoms with E-state index in [0.717, 1.165) is 15.7 Å². The van der Waals surface area contributed by atoms with E-state index in [0.29, 0.717) is 5.75 Å². The highest BCUT2D eigenvalue weighted by Gasteiger charge is 2.05. The second kappa shape index (κ2) is 7.24. The van der Waals surface area contributed by atoms with Crippen molar-refractivity contribution >= 4 is 27.5 Å². The fraction of sp³-hybridized carbons (Fsp3) is 0.188. The summed E-state index contributed by atoms with van der Waals surface area (Å²) >= 11 is 3.33. The highest BCUT2D eigenvalue weighted by atomic mass is 79.9. The molecule has 110 valence electrons. The van der Waals surface area contributed by atoms with Gasteiger partial charge in [0.15, 0.2) is 6.61 Å². The lowest BCUT2D eigenvalue weighted by molar-refractivity contribution is -0.118. The molecule has 2 N–H and O–H groups in total. The Kier molecular flexibility index (Phi) is 5.36. The van der Waals surface area contributed by atoms with Crippen LogP contribution in [0.1, 0.15) is 18.6 Å². The highest BCUT2D eigenvalue weighted by Crippen LogP contribution is 2.17. The summed E-state index contributed by atoms with van der Waals surface area (Å²) in [7, 11) is 0. The van der Waals surface area contributed by atoms with E-state index in [9.17, 15) is 9.90 Å². The van der Waals surface area contributed by atoms with E-state index in [2.05, 4.69) is 21.2 Å². The van der Waals surface area contributed by atoms with Gasteiger partial charge in [-0.2, -0.15) is 0 Å². The average molecular weight is 350 g/mol. The maximum Gasteiger partial charge on any atom is 0.262 e. The van der Waals surface area contributed by atoms with E-state index in [1.807, 2.05) is 12.1 Å². The van der Waals surface area contributed by atoms with Crippen molar-refractivity contribution in [3.8, 4) is 5.75 Å². The molecular formula is C16H16BrNO3. The molecule has 0 saturated carbocycles. The predicted octanol–water partition coefficient (Wildman–Crippen LogP) is 3.52. The summed E-state index contributed by atoms with van der Waals surface area (Å²) in [6.45, 7) is 1.63. The van der Waals surface area contributed by atoms with Crippen LogP contribution in [0.2, 0.25) is 0 Å². The van der Waals surface area contributed by atoms with E-state index in [4.69, 9.17) is 4.74 Å². The van der Waals surface area contributed by atoms with Gasteiger partial charge in [0.2, 0.25) is 0 Å². The second-order valence-electron chi connectivity index (χ2n) is 4.59. The lowest BCUT2D eigenvalue weighted by Crippen LogP contribution is -2.20. The van der Waals surface area contributed by atoms with Gasteiger partial charge in [0.25, 0.3) is 5.91 Å². The molecule has 0 radical (unpaired) electrons. The molecule has 1 atom stereocenters. The first-order valence-electron chi connectivity index (χ1n) is 6.51. The number of rotatable bonds is 5. The SMILES string of the molecule is C[C@H](O)c1ccc(OCC(=O)Nc2ccc(Br)cc2)cc1. The van der Waals surface area contributed by atoms with Crippen molar-refractivity contribution in [1.82, 2.24) is 0 Å². The molecule has 1 amide bonds. The monoisotopic (exact) mass is 349 g/mol. The number of anilines is 1. The lowest BCUT2D eigenvalue weighted by Gasteiger charge is -2.09. The number of carbonyl (C=O) groups is 1. The van der Waals surface area contributed by atoms with Crippen molar-refractivity contribution in [3.63, 3.8) is 0 Å². The van der Waals surface area contributed by atoms with Crippen molar-refractivity contribution < 1.29 is 14.6 Å². The number of aliphatic hydroxyl groups is 1. The van der Waals surface area contributed by atoms with Gasteiger partial charge in [-0.15, -0.1) is 0 Å². The third-order valence-electron chi connectivity index (χ3n) is 2.86. The summed E-state index contributed by atoms with van der Waals surface area (Å²) < 4.78 is 6.35. The van der Waals surface area contributed by atoms with Gasteiger partial charge < -0.3 is 15.2 Å². The van der Waals surface area contributed by atoms with Crippen LogP contribution in [-0.4, -0.2) is 17.6 Å². The quantitative estimate of drug-likeness (QED) is 0.868. The molecular weight excluding hydrogens is 334 g/mol. The summed E-state index contributed by atoms with van der Waals surface area (Å²) in [6, 6.07) is 14.3. The Morgan fingerprint density at radius 2 is 1.81 bits per heavy atom. The molecule has 5 heteroatoms. The van der Waals surface area contributed by atoms with Crippen LogP contribution in [0, 0.1) is 0 Å². The third kappa shape index (κ3) is 4.88. The lowest BCUT2D eigenvalue weighted by atomic mass is 10.1. The Bertz CT molecular complexity index is 594. The van der Waals surface area contributed by atoms with Crippen LogP contribution < -0.4 is 10.1 Å². The van der Waals surface area contributed by atoms with Crippen molar-refractivity contribution in [2.75, 3.05) is 11.9 Å². The molecule has 2 rings (SSSR count). The molecule has 0 aliphatic heterocycles. The third-order valence-corrected chi connectivity index (χ3v) is 3.39. The summed E-state index contributed by atoms with van der Waals surface area (Å²) in [5, 5.41) is 12.2. The minimum absolute atomic E-state index is 0.0654. The number of aliphatic hydroxyl groups excluding tert-OH is 1. The number of nitrogens with one attached hydrogen (secondary N) is 1. The maximum absolute atomic E-state index is 11.8. The number of carbonyl (C=O) groups excluding carboxylic acids is 1. The topological polar surface area (TPSA) is 58.6 Å². The molecule has 0 bridgehead atoms. The molecule has 0 heterocycles. The first-order valence-corrected chi connectivity index (χ1v) is 7.30. The fourth-order valence-corrected chi connectivity index (χ4v) is 1.99. The molecule has 0 fully saturated rings. The molecule has 4 nitrogen and oxygen atoms in total. The number of halogens is 1. The Morgan fingerprint density at radius 3 is 2.38 bits per heavy atom. The summed E-state index contributed by atoms with van der Waals surface area (Å²) in [4.78, 5) is 11.8. The standard InChI is InChI=1S/C16H16BrNO3/c1-11(19)12-2-8-15(9-3-12)21-10-16(20)18-14-6-4-13(17)5-7-14/h2-9,11,19H,10H2,1H3,(H,18,20)/t11-/m0/s1. The number of hydrogen-bond donors (Lipinski definition) is 2. The molecule has 0 spiro atoms. The van der Waals surface area contributed by atoms with Gasteiger partial charge in [-0.05, 0) is 48.9 Å². The predicted molar refractivity (Wildman–Crippen MR) is 85.3 cm³/mol. The van der Waals surface area contributed by atoms with Gasteiger partial charge in [0.1, 0.15) is 5.75 Å². The number of benzene rings is 2. The molecule has 0 aliphatic rings. The molecule has 21 heavy (non-hydrogen) atoms. The largest absolute Gasteiger partial charge is 0.484 e. The van der Waals surface area contributed by atoms with E-state index < -0.39 is 6.10 Å². The van der Waals surface area contributed by atoms with Crippen LogP contribution in [0.4, 0.5) is 5.69 Å². The van der Waals surface area contributed by atoms with Crippen LogP contribution >= 0.6 is 15.9 Å². The fourth-order valence-electron chi connectivity index (χ4n) is 1.72. The van der Waals surface area contributed by atoms with Crippen LogP contribution in [0.15, 0.2) is 53.0 Å². The van der Waals surface area contributed by atoms with Crippen LogP contribution in [0.3, 0.4) is 0 Å². The Balaban J connectivity index is 1.84. The van der Waals surface area contributed by atoms with Gasteiger partial charge in [-0.25, -0.2) is 0 Å². The zero-order valence-corrected chi connectivity index (χ0v) is 13.1. The van der Waals surface area contributed by atoms with Crippen molar-refractivity contribution in [3.05, 3.63) is 58.6 Å². The normalized spacial score (nSPS) is 11.8. The minimum Gasteiger partial charge on any atom is -0.484 e. The summed E-state index contributed by atoms with van der Waals surface area (Å²) in [5.41, 5.74) is 1.53. The van der Waals surface area contributed by atoms with Gasteiger partial charge in [0, 0.05) is 10.2 Å². The Hall–Kier alpha value is -1.85. The van der Waals surface area contributed by atoms with Crippen molar-refractivity contribution in [1.29, 1.82) is 0 Å². The second-order valence-corrected chi connectivity index (χ2v) is 5.50.